The van der Waals surface area contributed by atoms with Crippen molar-refractivity contribution >= 4 is 17.2 Å². The van der Waals surface area contributed by atoms with Gasteiger partial charge in [-0.15, -0.1) is 0 Å². The molecule has 0 heterocycles. The summed E-state index contributed by atoms with van der Waals surface area (Å²) >= 11 is 4.83. The zero-order valence-electron chi connectivity index (χ0n) is 8.18. The van der Waals surface area contributed by atoms with Crippen molar-refractivity contribution in [2.75, 3.05) is 19.6 Å². The minimum Gasteiger partial charge on any atom is -0.393 e. The standard InChI is InChI=1S/C9H20N2S/c1-3-5-7-11(4-2)8-6-9(10)12/h3-8H2,1-2H3,(H2,10,12). The summed E-state index contributed by atoms with van der Waals surface area (Å²) in [5, 5.41) is 0. The molecule has 0 aliphatic heterocycles. The van der Waals surface area contributed by atoms with Gasteiger partial charge in [0.05, 0.1) is 4.99 Å². The molecule has 0 saturated carbocycles. The molecule has 72 valence electrons. The van der Waals surface area contributed by atoms with Crippen molar-refractivity contribution in [1.82, 2.24) is 4.90 Å². The molecule has 0 aliphatic rings. The third kappa shape index (κ3) is 6.55. The van der Waals surface area contributed by atoms with Crippen LogP contribution in [0.5, 0.6) is 0 Å². The quantitative estimate of drug-likeness (QED) is 0.618. The van der Waals surface area contributed by atoms with Gasteiger partial charge in [0, 0.05) is 13.0 Å². The van der Waals surface area contributed by atoms with E-state index in [2.05, 4.69) is 18.7 Å². The third-order valence-electron chi connectivity index (χ3n) is 1.95. The van der Waals surface area contributed by atoms with E-state index in [9.17, 15) is 0 Å². The van der Waals surface area contributed by atoms with Crippen LogP contribution < -0.4 is 5.73 Å². The van der Waals surface area contributed by atoms with Crippen LogP contribution in [0.2, 0.25) is 0 Å². The highest BCUT2D eigenvalue weighted by Crippen LogP contribution is 1.96. The fourth-order valence-electron chi connectivity index (χ4n) is 1.08. The van der Waals surface area contributed by atoms with Crippen LogP contribution in [-0.2, 0) is 0 Å². The average Bonchev–Trinajstić information content (AvgIpc) is 2.05. The molecule has 0 bridgehead atoms. The number of hydrogen-bond acceptors (Lipinski definition) is 2. The summed E-state index contributed by atoms with van der Waals surface area (Å²) < 4.78 is 0. The summed E-state index contributed by atoms with van der Waals surface area (Å²) in [6, 6.07) is 0. The first-order valence-electron chi connectivity index (χ1n) is 4.71. The topological polar surface area (TPSA) is 29.3 Å². The van der Waals surface area contributed by atoms with E-state index < -0.39 is 0 Å². The van der Waals surface area contributed by atoms with E-state index in [1.807, 2.05) is 0 Å². The van der Waals surface area contributed by atoms with Gasteiger partial charge in [0.15, 0.2) is 0 Å². The summed E-state index contributed by atoms with van der Waals surface area (Å²) in [7, 11) is 0. The van der Waals surface area contributed by atoms with Crippen LogP contribution in [0.3, 0.4) is 0 Å². The zero-order valence-corrected chi connectivity index (χ0v) is 8.99. The second kappa shape index (κ2) is 7.50. The number of unbranched alkanes of at least 4 members (excludes halogenated alkanes) is 1. The fraction of sp³-hybridized carbons (Fsp3) is 0.889. The Bertz CT molecular complexity index is 126. The summed E-state index contributed by atoms with van der Waals surface area (Å²) in [6.45, 7) is 7.68. The van der Waals surface area contributed by atoms with E-state index in [1.165, 1.54) is 19.4 Å². The SMILES string of the molecule is CCCCN(CC)CCC(N)=S. The van der Waals surface area contributed by atoms with Gasteiger partial charge in [-0.25, -0.2) is 0 Å². The van der Waals surface area contributed by atoms with Crippen LogP contribution in [0.15, 0.2) is 0 Å². The maximum atomic E-state index is 5.43. The Morgan fingerprint density at radius 1 is 1.33 bits per heavy atom. The van der Waals surface area contributed by atoms with Crippen molar-refractivity contribution in [1.29, 1.82) is 0 Å². The highest BCUT2D eigenvalue weighted by molar-refractivity contribution is 7.80. The summed E-state index contributed by atoms with van der Waals surface area (Å²) in [5.41, 5.74) is 5.43. The molecule has 0 unspecified atom stereocenters. The largest absolute Gasteiger partial charge is 0.393 e. The van der Waals surface area contributed by atoms with Gasteiger partial charge in [0.25, 0.3) is 0 Å². The second-order valence-corrected chi connectivity index (χ2v) is 3.53. The molecule has 0 amide bonds. The maximum absolute atomic E-state index is 5.43. The third-order valence-corrected chi connectivity index (χ3v) is 2.15. The van der Waals surface area contributed by atoms with Crippen molar-refractivity contribution in [2.24, 2.45) is 5.73 Å². The van der Waals surface area contributed by atoms with Crippen molar-refractivity contribution < 1.29 is 0 Å². The molecule has 0 aliphatic carbocycles. The normalized spacial score (nSPS) is 10.6. The highest BCUT2D eigenvalue weighted by atomic mass is 32.1. The zero-order chi connectivity index (χ0) is 9.40. The van der Waals surface area contributed by atoms with E-state index in [0.717, 1.165) is 19.5 Å². The molecule has 2 N–H and O–H groups in total. The molecular formula is C9H20N2S. The predicted octanol–water partition coefficient (Wildman–Crippen LogP) is 1.78. The van der Waals surface area contributed by atoms with E-state index in [-0.39, 0.29) is 0 Å². The van der Waals surface area contributed by atoms with Crippen LogP contribution in [0.25, 0.3) is 0 Å². The molecule has 12 heavy (non-hydrogen) atoms. The monoisotopic (exact) mass is 188 g/mol. The highest BCUT2D eigenvalue weighted by Gasteiger charge is 2.00. The van der Waals surface area contributed by atoms with Gasteiger partial charge in [-0.3, -0.25) is 0 Å². The van der Waals surface area contributed by atoms with Crippen LogP contribution in [0.1, 0.15) is 33.1 Å². The molecule has 0 aromatic heterocycles. The maximum Gasteiger partial charge on any atom is 0.0740 e. The summed E-state index contributed by atoms with van der Waals surface area (Å²) in [5.74, 6) is 0. The molecule has 0 saturated heterocycles. The Hall–Kier alpha value is -0.150. The smallest absolute Gasteiger partial charge is 0.0740 e. The molecule has 0 radical (unpaired) electrons. The van der Waals surface area contributed by atoms with Crippen molar-refractivity contribution in [3.05, 3.63) is 0 Å². The van der Waals surface area contributed by atoms with Crippen LogP contribution in [-0.4, -0.2) is 29.5 Å². The summed E-state index contributed by atoms with van der Waals surface area (Å²) in [4.78, 5) is 3.02. The van der Waals surface area contributed by atoms with Crippen molar-refractivity contribution in [3.8, 4) is 0 Å². The first-order valence-corrected chi connectivity index (χ1v) is 5.12. The van der Waals surface area contributed by atoms with Gasteiger partial charge in [0.1, 0.15) is 0 Å². The van der Waals surface area contributed by atoms with Gasteiger partial charge < -0.3 is 10.6 Å². The molecule has 0 fully saturated rings. The molecule has 0 aromatic rings. The molecule has 0 atom stereocenters. The number of rotatable bonds is 7. The van der Waals surface area contributed by atoms with Gasteiger partial charge in [0.2, 0.25) is 0 Å². The van der Waals surface area contributed by atoms with E-state index in [1.54, 1.807) is 0 Å². The first-order chi connectivity index (χ1) is 5.70. The lowest BCUT2D eigenvalue weighted by molar-refractivity contribution is 0.292. The lowest BCUT2D eigenvalue weighted by Gasteiger charge is -2.19. The average molecular weight is 188 g/mol. The molecule has 0 aromatic carbocycles. The Labute approximate surface area is 81.1 Å². The van der Waals surface area contributed by atoms with Crippen LogP contribution in [0, 0.1) is 0 Å². The summed E-state index contributed by atoms with van der Waals surface area (Å²) in [6.07, 6.45) is 3.38. The molecule has 2 nitrogen and oxygen atoms in total. The van der Waals surface area contributed by atoms with Crippen molar-refractivity contribution in [3.63, 3.8) is 0 Å². The molecular weight excluding hydrogens is 168 g/mol. The van der Waals surface area contributed by atoms with Gasteiger partial charge in [-0.1, -0.05) is 32.5 Å². The first kappa shape index (κ1) is 11.8. The number of nitrogens with two attached hydrogens (primary N) is 1. The molecule has 0 spiro atoms. The Balaban J connectivity index is 3.45. The van der Waals surface area contributed by atoms with E-state index >= 15 is 0 Å². The van der Waals surface area contributed by atoms with Gasteiger partial charge >= 0.3 is 0 Å². The Morgan fingerprint density at radius 2 is 2.00 bits per heavy atom. The van der Waals surface area contributed by atoms with Crippen LogP contribution >= 0.6 is 12.2 Å². The van der Waals surface area contributed by atoms with Gasteiger partial charge in [-0.2, -0.15) is 0 Å². The Kier molecular flexibility index (Phi) is 7.40. The number of nitrogens with zero attached hydrogens (tertiary/aromatic N) is 1. The van der Waals surface area contributed by atoms with Gasteiger partial charge in [-0.05, 0) is 19.5 Å². The van der Waals surface area contributed by atoms with Crippen LogP contribution in [0.4, 0.5) is 0 Å². The van der Waals surface area contributed by atoms with Crippen molar-refractivity contribution in [2.45, 2.75) is 33.1 Å². The fourth-order valence-corrected chi connectivity index (χ4v) is 1.17. The van der Waals surface area contributed by atoms with E-state index in [4.69, 9.17) is 18.0 Å². The molecule has 0 rings (SSSR count). The second-order valence-electron chi connectivity index (χ2n) is 3.00. The number of thiocarbonyl (C=S) groups is 1. The Morgan fingerprint density at radius 3 is 2.42 bits per heavy atom. The predicted molar refractivity (Wildman–Crippen MR) is 58.4 cm³/mol. The molecule has 3 heteroatoms. The minimum absolute atomic E-state index is 0.630. The lowest BCUT2D eigenvalue weighted by Crippen LogP contribution is -2.28. The van der Waals surface area contributed by atoms with E-state index in [0.29, 0.717) is 4.99 Å². The minimum atomic E-state index is 0.630. The number of hydrogen-bond donors (Lipinski definition) is 1. The lowest BCUT2D eigenvalue weighted by atomic mass is 10.3.